The summed E-state index contributed by atoms with van der Waals surface area (Å²) in [4.78, 5) is 2.41. The Morgan fingerprint density at radius 1 is 1.05 bits per heavy atom. The van der Waals surface area contributed by atoms with Crippen LogP contribution in [0.2, 0.25) is 0 Å². The maximum Gasteiger partial charge on any atom is 0.126 e. The topological polar surface area (TPSA) is 15.3 Å². The molecule has 1 atom stereocenters. The molecular weight excluding hydrogens is 258 g/mol. The summed E-state index contributed by atoms with van der Waals surface area (Å²) in [6.45, 7) is 3.04. The van der Waals surface area contributed by atoms with Crippen LogP contribution in [0.25, 0.3) is 0 Å². The van der Waals surface area contributed by atoms with E-state index in [1.54, 1.807) is 0 Å². The van der Waals surface area contributed by atoms with Crippen molar-refractivity contribution in [1.82, 2.24) is 10.2 Å². The molecule has 2 nitrogen and oxygen atoms in total. The Labute approximate surface area is 119 Å². The second-order valence-corrected chi connectivity index (χ2v) is 6.11. The van der Waals surface area contributed by atoms with E-state index < -0.39 is 11.6 Å². The summed E-state index contributed by atoms with van der Waals surface area (Å²) in [6, 6.07) is 5.15. The van der Waals surface area contributed by atoms with Gasteiger partial charge in [0.1, 0.15) is 11.6 Å². The second kappa shape index (κ2) is 6.19. The van der Waals surface area contributed by atoms with Gasteiger partial charge in [0, 0.05) is 31.2 Å². The minimum atomic E-state index is -0.480. The molecule has 2 aliphatic rings. The van der Waals surface area contributed by atoms with Crippen molar-refractivity contribution in [1.29, 1.82) is 0 Å². The van der Waals surface area contributed by atoms with E-state index in [1.165, 1.54) is 37.8 Å². The van der Waals surface area contributed by atoms with Crippen LogP contribution in [0.3, 0.4) is 0 Å². The number of nitrogens with one attached hydrogen (secondary N) is 1. The number of benzene rings is 1. The predicted molar refractivity (Wildman–Crippen MR) is 75.7 cm³/mol. The summed E-state index contributed by atoms with van der Waals surface area (Å²) in [6.07, 6.45) is 5.81. The van der Waals surface area contributed by atoms with E-state index in [0.29, 0.717) is 12.5 Å². The number of hydrogen-bond donors (Lipinski definition) is 1. The Balaban J connectivity index is 1.49. The van der Waals surface area contributed by atoms with Crippen molar-refractivity contribution in [3.63, 3.8) is 0 Å². The van der Waals surface area contributed by atoms with Gasteiger partial charge in [-0.15, -0.1) is 0 Å². The molecule has 0 bridgehead atoms. The molecule has 1 unspecified atom stereocenters. The third-order valence-corrected chi connectivity index (χ3v) is 4.19. The minimum absolute atomic E-state index is 0.480. The standard InChI is InChI=1S/C16H22F2N2/c17-13-8-12(9-14(18)10-13)5-7-20-6-1-2-16(11-20)19-15-3-4-15/h8-10,15-16,19H,1-7,11H2. The fraction of sp³-hybridized carbons (Fsp3) is 0.625. The van der Waals surface area contributed by atoms with Gasteiger partial charge in [-0.1, -0.05) is 0 Å². The third kappa shape index (κ3) is 4.00. The van der Waals surface area contributed by atoms with E-state index in [1.807, 2.05) is 0 Å². The van der Waals surface area contributed by atoms with Gasteiger partial charge in [0.05, 0.1) is 0 Å². The van der Waals surface area contributed by atoms with Gasteiger partial charge in [-0.25, -0.2) is 8.78 Å². The Morgan fingerprint density at radius 3 is 2.50 bits per heavy atom. The highest BCUT2D eigenvalue weighted by molar-refractivity contribution is 5.18. The highest BCUT2D eigenvalue weighted by Crippen LogP contribution is 2.22. The average Bonchev–Trinajstić information content (AvgIpc) is 3.20. The molecule has 1 aromatic rings. The SMILES string of the molecule is Fc1cc(F)cc(CCN2CCCC(NC3CC3)C2)c1. The van der Waals surface area contributed by atoms with Crippen LogP contribution in [0.5, 0.6) is 0 Å². The smallest absolute Gasteiger partial charge is 0.126 e. The molecule has 1 aliphatic heterocycles. The highest BCUT2D eigenvalue weighted by Gasteiger charge is 2.27. The quantitative estimate of drug-likeness (QED) is 0.892. The fourth-order valence-electron chi connectivity index (χ4n) is 3.02. The first-order chi connectivity index (χ1) is 9.69. The van der Waals surface area contributed by atoms with Crippen LogP contribution >= 0.6 is 0 Å². The Morgan fingerprint density at radius 2 is 1.80 bits per heavy atom. The first-order valence-corrected chi connectivity index (χ1v) is 7.62. The maximum atomic E-state index is 13.1. The van der Waals surface area contributed by atoms with E-state index in [4.69, 9.17) is 0 Å². The lowest BCUT2D eigenvalue weighted by Gasteiger charge is -2.33. The van der Waals surface area contributed by atoms with E-state index in [-0.39, 0.29) is 0 Å². The number of nitrogens with zero attached hydrogens (tertiary/aromatic N) is 1. The molecule has 0 radical (unpaired) electrons. The summed E-state index contributed by atoms with van der Waals surface area (Å²) in [7, 11) is 0. The Bertz CT molecular complexity index is 440. The maximum absolute atomic E-state index is 13.1. The first-order valence-electron chi connectivity index (χ1n) is 7.62. The monoisotopic (exact) mass is 280 g/mol. The molecule has 20 heavy (non-hydrogen) atoms. The lowest BCUT2D eigenvalue weighted by atomic mass is 10.0. The van der Waals surface area contributed by atoms with E-state index in [2.05, 4.69) is 10.2 Å². The molecule has 1 aliphatic carbocycles. The Kier molecular flexibility index (Phi) is 4.32. The minimum Gasteiger partial charge on any atom is -0.310 e. The molecule has 1 heterocycles. The zero-order valence-electron chi connectivity index (χ0n) is 11.7. The fourth-order valence-corrected chi connectivity index (χ4v) is 3.02. The number of hydrogen-bond acceptors (Lipinski definition) is 2. The van der Waals surface area contributed by atoms with Gasteiger partial charge >= 0.3 is 0 Å². The normalized spacial score (nSPS) is 24.0. The van der Waals surface area contributed by atoms with Crippen molar-refractivity contribution >= 4 is 0 Å². The zero-order chi connectivity index (χ0) is 13.9. The van der Waals surface area contributed by atoms with Gasteiger partial charge in [0.25, 0.3) is 0 Å². The van der Waals surface area contributed by atoms with Crippen LogP contribution in [-0.2, 0) is 6.42 Å². The van der Waals surface area contributed by atoms with E-state index in [0.717, 1.165) is 37.3 Å². The molecule has 1 aromatic carbocycles. The van der Waals surface area contributed by atoms with Crippen LogP contribution in [0.15, 0.2) is 18.2 Å². The molecular formula is C16H22F2N2. The summed E-state index contributed by atoms with van der Waals surface area (Å²) in [5.41, 5.74) is 0.750. The summed E-state index contributed by atoms with van der Waals surface area (Å²) < 4.78 is 26.3. The molecule has 0 amide bonds. The highest BCUT2D eigenvalue weighted by atomic mass is 19.1. The van der Waals surface area contributed by atoms with Gasteiger partial charge in [0.15, 0.2) is 0 Å². The van der Waals surface area contributed by atoms with Crippen LogP contribution in [0, 0.1) is 11.6 Å². The van der Waals surface area contributed by atoms with Gasteiger partial charge in [-0.3, -0.25) is 0 Å². The molecule has 4 heteroatoms. The molecule has 1 N–H and O–H groups in total. The van der Waals surface area contributed by atoms with E-state index >= 15 is 0 Å². The number of likely N-dealkylation sites (tertiary alicyclic amines) is 1. The van der Waals surface area contributed by atoms with Gasteiger partial charge in [-0.2, -0.15) is 0 Å². The Hall–Kier alpha value is -1.00. The lowest BCUT2D eigenvalue weighted by Crippen LogP contribution is -2.46. The second-order valence-electron chi connectivity index (χ2n) is 6.11. The molecule has 0 aromatic heterocycles. The lowest BCUT2D eigenvalue weighted by molar-refractivity contribution is 0.191. The number of halogens is 2. The molecule has 1 saturated heterocycles. The number of rotatable bonds is 5. The third-order valence-electron chi connectivity index (χ3n) is 4.19. The largest absolute Gasteiger partial charge is 0.310 e. The molecule has 0 spiro atoms. The summed E-state index contributed by atoms with van der Waals surface area (Å²) >= 11 is 0. The van der Waals surface area contributed by atoms with Gasteiger partial charge < -0.3 is 10.2 Å². The van der Waals surface area contributed by atoms with Crippen molar-refractivity contribution in [2.75, 3.05) is 19.6 Å². The molecule has 3 rings (SSSR count). The number of piperidine rings is 1. The first kappa shape index (κ1) is 14.0. The van der Waals surface area contributed by atoms with Crippen molar-refractivity contribution in [3.8, 4) is 0 Å². The zero-order valence-corrected chi connectivity index (χ0v) is 11.7. The van der Waals surface area contributed by atoms with Gasteiger partial charge in [0.2, 0.25) is 0 Å². The van der Waals surface area contributed by atoms with Crippen molar-refractivity contribution in [2.45, 2.75) is 44.2 Å². The van der Waals surface area contributed by atoms with Crippen LogP contribution in [0.4, 0.5) is 8.78 Å². The van der Waals surface area contributed by atoms with Crippen LogP contribution in [0.1, 0.15) is 31.2 Å². The van der Waals surface area contributed by atoms with Crippen molar-refractivity contribution in [3.05, 3.63) is 35.4 Å². The van der Waals surface area contributed by atoms with Crippen molar-refractivity contribution in [2.24, 2.45) is 0 Å². The molecule has 1 saturated carbocycles. The predicted octanol–water partition coefficient (Wildman–Crippen LogP) is 2.72. The van der Waals surface area contributed by atoms with Crippen molar-refractivity contribution < 1.29 is 8.78 Å². The van der Waals surface area contributed by atoms with E-state index in [9.17, 15) is 8.78 Å². The average molecular weight is 280 g/mol. The molecule has 110 valence electrons. The molecule has 2 fully saturated rings. The van der Waals surface area contributed by atoms with Crippen LogP contribution in [-0.4, -0.2) is 36.6 Å². The summed E-state index contributed by atoms with van der Waals surface area (Å²) in [5, 5.41) is 3.68. The van der Waals surface area contributed by atoms with Crippen LogP contribution < -0.4 is 5.32 Å². The summed E-state index contributed by atoms with van der Waals surface area (Å²) in [5.74, 6) is -0.959. The van der Waals surface area contributed by atoms with Gasteiger partial charge in [-0.05, 0) is 56.3 Å².